The summed E-state index contributed by atoms with van der Waals surface area (Å²) >= 11 is 0. The first-order valence-corrected chi connectivity index (χ1v) is 5.85. The van der Waals surface area contributed by atoms with Crippen LogP contribution in [0, 0.1) is 6.92 Å². The van der Waals surface area contributed by atoms with Crippen LogP contribution in [0.15, 0.2) is 18.2 Å². The van der Waals surface area contributed by atoms with Gasteiger partial charge < -0.3 is 14.8 Å². The van der Waals surface area contributed by atoms with Crippen LogP contribution in [-0.4, -0.2) is 24.9 Å². The smallest absolute Gasteiger partial charge is 0.229 e. The molecule has 0 unspecified atom stereocenters. The summed E-state index contributed by atoms with van der Waals surface area (Å²) in [5, 5.41) is 2.92. The van der Waals surface area contributed by atoms with Gasteiger partial charge in [0.2, 0.25) is 5.91 Å². The van der Waals surface area contributed by atoms with Gasteiger partial charge in [-0.15, -0.1) is 0 Å². The predicted octanol–water partition coefficient (Wildman–Crippen LogP) is 1.62. The average molecular weight is 233 g/mol. The lowest BCUT2D eigenvalue weighted by Gasteiger charge is -2.25. The molecule has 4 heteroatoms. The summed E-state index contributed by atoms with van der Waals surface area (Å²) in [6, 6.07) is 5.91. The fourth-order valence-corrected chi connectivity index (χ4v) is 2.53. The fraction of sp³-hybridized carbons (Fsp3) is 0.462. The lowest BCUT2D eigenvalue weighted by Crippen LogP contribution is -2.35. The van der Waals surface area contributed by atoms with Crippen molar-refractivity contribution in [3.63, 3.8) is 0 Å². The molecule has 4 nitrogen and oxygen atoms in total. The second-order valence-corrected chi connectivity index (χ2v) is 4.61. The van der Waals surface area contributed by atoms with Crippen molar-refractivity contribution in [2.75, 3.05) is 18.5 Å². The van der Waals surface area contributed by atoms with Crippen molar-refractivity contribution in [3.05, 3.63) is 29.3 Å². The average Bonchev–Trinajstić information content (AvgIpc) is 2.65. The van der Waals surface area contributed by atoms with Crippen LogP contribution in [0.2, 0.25) is 0 Å². The maximum absolute atomic E-state index is 11.8. The highest BCUT2D eigenvalue weighted by Gasteiger charge is 2.41. The number of benzene rings is 1. The van der Waals surface area contributed by atoms with Crippen molar-refractivity contribution in [3.8, 4) is 0 Å². The third-order valence-electron chi connectivity index (χ3n) is 3.37. The third-order valence-corrected chi connectivity index (χ3v) is 3.37. The van der Waals surface area contributed by atoms with E-state index in [1.807, 2.05) is 25.1 Å². The maximum atomic E-state index is 11.8. The predicted molar refractivity (Wildman–Crippen MR) is 62.8 cm³/mol. The number of fused-ring (bicyclic) bond motifs is 1. The Labute approximate surface area is 99.9 Å². The Morgan fingerprint density at radius 1 is 1.24 bits per heavy atom. The first-order valence-electron chi connectivity index (χ1n) is 5.85. The first kappa shape index (κ1) is 10.7. The molecule has 3 rings (SSSR count). The van der Waals surface area contributed by atoms with Crippen LogP contribution in [0.4, 0.5) is 5.69 Å². The van der Waals surface area contributed by atoms with E-state index in [9.17, 15) is 4.79 Å². The van der Waals surface area contributed by atoms with Crippen LogP contribution in [0.25, 0.3) is 0 Å². The summed E-state index contributed by atoms with van der Waals surface area (Å²) in [6.45, 7) is 3.17. The molecule has 0 radical (unpaired) electrons. The van der Waals surface area contributed by atoms with Crippen molar-refractivity contribution in [2.24, 2.45) is 0 Å². The molecule has 0 aliphatic carbocycles. The van der Waals surface area contributed by atoms with Gasteiger partial charge >= 0.3 is 0 Å². The highest BCUT2D eigenvalue weighted by molar-refractivity contribution is 5.93. The second-order valence-electron chi connectivity index (χ2n) is 4.61. The van der Waals surface area contributed by atoms with Gasteiger partial charge in [-0.3, -0.25) is 4.79 Å². The minimum atomic E-state index is -0.749. The van der Waals surface area contributed by atoms with Gasteiger partial charge in [0.1, 0.15) is 0 Å². The minimum absolute atomic E-state index is 0.0451. The van der Waals surface area contributed by atoms with E-state index in [0.29, 0.717) is 19.6 Å². The zero-order chi connectivity index (χ0) is 11.9. The molecule has 1 fully saturated rings. The van der Waals surface area contributed by atoms with Gasteiger partial charge in [-0.25, -0.2) is 0 Å². The van der Waals surface area contributed by atoms with Gasteiger partial charge in [0.25, 0.3) is 0 Å². The molecular formula is C13H15NO3. The molecule has 1 aromatic rings. The van der Waals surface area contributed by atoms with Crippen LogP contribution < -0.4 is 5.32 Å². The van der Waals surface area contributed by atoms with Gasteiger partial charge in [-0.2, -0.15) is 0 Å². The Morgan fingerprint density at radius 3 is 2.76 bits per heavy atom. The Morgan fingerprint density at radius 2 is 2.00 bits per heavy atom. The van der Waals surface area contributed by atoms with Crippen molar-refractivity contribution in [1.29, 1.82) is 0 Å². The van der Waals surface area contributed by atoms with Gasteiger partial charge in [-0.05, 0) is 24.1 Å². The van der Waals surface area contributed by atoms with E-state index in [1.54, 1.807) is 0 Å². The molecule has 17 heavy (non-hydrogen) atoms. The topological polar surface area (TPSA) is 47.6 Å². The zero-order valence-corrected chi connectivity index (χ0v) is 9.79. The summed E-state index contributed by atoms with van der Waals surface area (Å²) in [6.07, 6.45) is 0.898. The molecule has 0 bridgehead atoms. The Bertz CT molecular complexity index is 464. The van der Waals surface area contributed by atoms with Crippen LogP contribution in [-0.2, 0) is 20.7 Å². The Hall–Kier alpha value is -1.39. The molecular weight excluding hydrogens is 218 g/mol. The van der Waals surface area contributed by atoms with E-state index in [-0.39, 0.29) is 12.3 Å². The Balaban J connectivity index is 2.05. The van der Waals surface area contributed by atoms with Crippen molar-refractivity contribution >= 4 is 11.6 Å². The van der Waals surface area contributed by atoms with Crippen molar-refractivity contribution in [1.82, 2.24) is 0 Å². The molecule has 1 N–H and O–H groups in total. The van der Waals surface area contributed by atoms with Gasteiger partial charge in [0.15, 0.2) is 5.79 Å². The van der Waals surface area contributed by atoms with Crippen LogP contribution in [0.3, 0.4) is 0 Å². The van der Waals surface area contributed by atoms with Crippen LogP contribution >= 0.6 is 0 Å². The SMILES string of the molecule is Cc1cccc2c1CC1(CC(=O)N2)OCCO1. The molecule has 0 saturated carbocycles. The molecule has 2 aliphatic heterocycles. The lowest BCUT2D eigenvalue weighted by atomic mass is 9.98. The summed E-state index contributed by atoms with van der Waals surface area (Å²) in [5.74, 6) is -0.794. The molecule has 1 aromatic carbocycles. The zero-order valence-electron chi connectivity index (χ0n) is 9.79. The first-order chi connectivity index (χ1) is 8.19. The highest BCUT2D eigenvalue weighted by Crippen LogP contribution is 2.35. The maximum Gasteiger partial charge on any atom is 0.229 e. The quantitative estimate of drug-likeness (QED) is 0.740. The molecule has 0 aromatic heterocycles. The lowest BCUT2D eigenvalue weighted by molar-refractivity contribution is -0.165. The summed E-state index contributed by atoms with van der Waals surface area (Å²) in [7, 11) is 0. The van der Waals surface area contributed by atoms with E-state index in [0.717, 1.165) is 16.8 Å². The van der Waals surface area contributed by atoms with E-state index >= 15 is 0 Å². The van der Waals surface area contributed by atoms with E-state index in [2.05, 4.69) is 5.32 Å². The largest absolute Gasteiger partial charge is 0.347 e. The molecule has 2 aliphatic rings. The number of hydrogen-bond acceptors (Lipinski definition) is 3. The highest BCUT2D eigenvalue weighted by atomic mass is 16.7. The van der Waals surface area contributed by atoms with Gasteiger partial charge in [0, 0.05) is 12.1 Å². The second kappa shape index (κ2) is 3.82. The monoisotopic (exact) mass is 233 g/mol. The van der Waals surface area contributed by atoms with Crippen LogP contribution in [0.1, 0.15) is 17.5 Å². The molecule has 1 amide bonds. The number of carbonyl (C=O) groups excluding carboxylic acids is 1. The number of rotatable bonds is 0. The van der Waals surface area contributed by atoms with E-state index in [4.69, 9.17) is 9.47 Å². The summed E-state index contributed by atoms with van der Waals surface area (Å²) < 4.78 is 11.3. The normalized spacial score (nSPS) is 22.1. The molecule has 90 valence electrons. The molecule has 1 saturated heterocycles. The number of carbonyl (C=O) groups is 1. The van der Waals surface area contributed by atoms with Gasteiger partial charge in [-0.1, -0.05) is 12.1 Å². The Kier molecular flexibility index (Phi) is 2.42. The number of nitrogens with one attached hydrogen (secondary N) is 1. The standard InChI is InChI=1S/C13H15NO3/c1-9-3-2-4-11-10(9)7-13(8-12(15)14-11)16-5-6-17-13/h2-4H,5-8H2,1H3,(H,14,15). The summed E-state index contributed by atoms with van der Waals surface area (Å²) in [5.41, 5.74) is 3.15. The minimum Gasteiger partial charge on any atom is -0.347 e. The van der Waals surface area contributed by atoms with Gasteiger partial charge in [0.05, 0.1) is 19.6 Å². The van der Waals surface area contributed by atoms with Crippen molar-refractivity contribution in [2.45, 2.75) is 25.6 Å². The number of aryl methyl sites for hydroxylation is 1. The van der Waals surface area contributed by atoms with Crippen LogP contribution in [0.5, 0.6) is 0 Å². The van der Waals surface area contributed by atoms with E-state index < -0.39 is 5.79 Å². The number of hydrogen-bond donors (Lipinski definition) is 1. The molecule has 0 atom stereocenters. The van der Waals surface area contributed by atoms with E-state index in [1.165, 1.54) is 0 Å². The molecule has 2 heterocycles. The third kappa shape index (κ3) is 1.83. The summed E-state index contributed by atoms with van der Waals surface area (Å²) in [4.78, 5) is 11.8. The number of ether oxygens (including phenoxy) is 2. The number of amides is 1. The van der Waals surface area contributed by atoms with Crippen molar-refractivity contribution < 1.29 is 14.3 Å². The number of anilines is 1. The fourth-order valence-electron chi connectivity index (χ4n) is 2.53. The molecule has 1 spiro atoms.